The van der Waals surface area contributed by atoms with E-state index in [9.17, 15) is 9.59 Å². The van der Waals surface area contributed by atoms with Gasteiger partial charge in [-0.05, 0) is 67.1 Å². The Morgan fingerprint density at radius 2 is 1.88 bits per heavy atom. The summed E-state index contributed by atoms with van der Waals surface area (Å²) in [6, 6.07) is 16.7. The zero-order chi connectivity index (χ0) is 23.5. The van der Waals surface area contributed by atoms with Crippen LogP contribution in [0.4, 0.5) is 11.5 Å². The number of halogens is 1. The summed E-state index contributed by atoms with van der Waals surface area (Å²) in [5.74, 6) is 0.980. The van der Waals surface area contributed by atoms with Crippen LogP contribution in [-0.4, -0.2) is 28.8 Å². The Morgan fingerprint density at radius 1 is 1.12 bits per heavy atom. The maximum Gasteiger partial charge on any atom is 0.271 e. The molecule has 1 aliphatic heterocycles. The molecule has 7 heteroatoms. The Morgan fingerprint density at radius 3 is 2.58 bits per heavy atom. The van der Waals surface area contributed by atoms with Crippen molar-refractivity contribution in [3.8, 4) is 5.69 Å². The number of carbonyl (C=O) groups is 1. The molecule has 0 radical (unpaired) electrons. The van der Waals surface area contributed by atoms with Crippen molar-refractivity contribution >= 4 is 29.0 Å². The highest BCUT2D eigenvalue weighted by Gasteiger charge is 2.27. The van der Waals surface area contributed by atoms with Crippen molar-refractivity contribution < 1.29 is 4.79 Å². The summed E-state index contributed by atoms with van der Waals surface area (Å²) < 4.78 is 1.36. The van der Waals surface area contributed by atoms with Crippen LogP contribution in [0.1, 0.15) is 43.7 Å². The average Bonchev–Trinajstić information content (AvgIpc) is 2.81. The van der Waals surface area contributed by atoms with Gasteiger partial charge in [-0.25, -0.2) is 0 Å². The van der Waals surface area contributed by atoms with Crippen LogP contribution < -0.4 is 15.8 Å². The number of anilines is 2. The first-order valence-electron chi connectivity index (χ1n) is 11.3. The second-order valence-corrected chi connectivity index (χ2v) is 9.33. The Labute approximate surface area is 199 Å². The van der Waals surface area contributed by atoms with E-state index in [0.717, 1.165) is 30.6 Å². The van der Waals surface area contributed by atoms with Crippen molar-refractivity contribution in [2.45, 2.75) is 39.5 Å². The van der Waals surface area contributed by atoms with Gasteiger partial charge in [0, 0.05) is 29.9 Å². The number of nitrogens with zero attached hydrogens (tertiary/aromatic N) is 3. The van der Waals surface area contributed by atoms with Gasteiger partial charge in [-0.15, -0.1) is 5.10 Å². The molecule has 1 atom stereocenters. The number of aromatic nitrogens is 2. The molecule has 2 heterocycles. The standard InChI is InChI=1S/C26H29ClN4O2/c1-17(2)19-7-9-21(10-8-19)28-26(33)20-5-4-14-30(16-20)24-12-13-25(32)31(29-24)22-11-6-18(3)23(27)15-22/h6-13,15,17,20H,4-5,14,16H2,1-3H3,(H,28,33). The number of aryl methyl sites for hydroxylation is 1. The minimum Gasteiger partial charge on any atom is -0.354 e. The molecule has 1 amide bonds. The summed E-state index contributed by atoms with van der Waals surface area (Å²) in [5.41, 5.74) is 3.38. The molecule has 4 rings (SSSR count). The lowest BCUT2D eigenvalue weighted by atomic mass is 9.97. The summed E-state index contributed by atoms with van der Waals surface area (Å²) in [6.45, 7) is 7.54. The first-order chi connectivity index (χ1) is 15.8. The van der Waals surface area contributed by atoms with E-state index in [1.54, 1.807) is 12.1 Å². The average molecular weight is 465 g/mol. The van der Waals surface area contributed by atoms with Crippen molar-refractivity contribution in [2.75, 3.05) is 23.3 Å². The first-order valence-corrected chi connectivity index (χ1v) is 11.7. The Hall–Kier alpha value is -3.12. The third-order valence-electron chi connectivity index (χ3n) is 6.15. The highest BCUT2D eigenvalue weighted by atomic mass is 35.5. The van der Waals surface area contributed by atoms with Crippen LogP contribution in [-0.2, 0) is 4.79 Å². The van der Waals surface area contributed by atoms with Gasteiger partial charge in [0.2, 0.25) is 5.91 Å². The van der Waals surface area contributed by atoms with E-state index >= 15 is 0 Å². The number of rotatable bonds is 5. The number of amides is 1. The molecule has 3 aromatic rings. The molecule has 1 N–H and O–H groups in total. The van der Waals surface area contributed by atoms with Crippen molar-refractivity contribution in [1.82, 2.24) is 9.78 Å². The highest BCUT2D eigenvalue weighted by molar-refractivity contribution is 6.31. The zero-order valence-corrected chi connectivity index (χ0v) is 20.0. The minimum atomic E-state index is -0.227. The lowest BCUT2D eigenvalue weighted by molar-refractivity contribution is -0.120. The molecule has 172 valence electrons. The molecule has 2 aromatic carbocycles. The third-order valence-corrected chi connectivity index (χ3v) is 6.55. The van der Waals surface area contributed by atoms with Crippen LogP contribution in [0.25, 0.3) is 5.69 Å². The topological polar surface area (TPSA) is 67.2 Å². The molecular weight excluding hydrogens is 436 g/mol. The summed E-state index contributed by atoms with van der Waals surface area (Å²) in [4.78, 5) is 27.5. The minimum absolute atomic E-state index is 0.00985. The van der Waals surface area contributed by atoms with E-state index in [0.29, 0.717) is 29.0 Å². The second-order valence-electron chi connectivity index (χ2n) is 8.93. The summed E-state index contributed by atoms with van der Waals surface area (Å²) >= 11 is 6.25. The lowest BCUT2D eigenvalue weighted by Gasteiger charge is -2.33. The van der Waals surface area contributed by atoms with Crippen molar-refractivity contribution in [3.05, 3.63) is 81.1 Å². The van der Waals surface area contributed by atoms with Gasteiger partial charge in [0.15, 0.2) is 0 Å². The van der Waals surface area contributed by atoms with Gasteiger partial charge in [0.1, 0.15) is 5.82 Å². The Bertz CT molecular complexity index is 1200. The van der Waals surface area contributed by atoms with Crippen molar-refractivity contribution in [1.29, 1.82) is 0 Å². The fourth-order valence-electron chi connectivity index (χ4n) is 4.06. The van der Waals surface area contributed by atoms with Gasteiger partial charge in [0.25, 0.3) is 5.56 Å². The molecule has 0 bridgehead atoms. The maximum absolute atomic E-state index is 12.9. The molecule has 6 nitrogen and oxygen atoms in total. The van der Waals surface area contributed by atoms with Crippen LogP contribution in [0.15, 0.2) is 59.4 Å². The Balaban J connectivity index is 1.49. The van der Waals surface area contributed by atoms with Crippen LogP contribution >= 0.6 is 11.6 Å². The lowest BCUT2D eigenvalue weighted by Crippen LogP contribution is -2.41. The smallest absolute Gasteiger partial charge is 0.271 e. The monoisotopic (exact) mass is 464 g/mol. The predicted molar refractivity (Wildman–Crippen MR) is 134 cm³/mol. The van der Waals surface area contributed by atoms with Crippen LogP contribution in [0.3, 0.4) is 0 Å². The van der Waals surface area contributed by atoms with Crippen molar-refractivity contribution in [2.24, 2.45) is 5.92 Å². The van der Waals surface area contributed by atoms with E-state index < -0.39 is 0 Å². The molecule has 1 aliphatic rings. The second kappa shape index (κ2) is 9.79. The number of nitrogens with one attached hydrogen (secondary N) is 1. The van der Waals surface area contributed by atoms with E-state index in [1.807, 2.05) is 31.2 Å². The van der Waals surface area contributed by atoms with E-state index in [4.69, 9.17) is 11.6 Å². The SMILES string of the molecule is Cc1ccc(-n2nc(N3CCCC(C(=O)Nc4ccc(C(C)C)cc4)C3)ccc2=O)cc1Cl. The largest absolute Gasteiger partial charge is 0.354 e. The maximum atomic E-state index is 12.9. The third kappa shape index (κ3) is 5.28. The predicted octanol–water partition coefficient (Wildman–Crippen LogP) is 5.17. The highest BCUT2D eigenvalue weighted by Crippen LogP contribution is 2.24. The summed E-state index contributed by atoms with van der Waals surface area (Å²) in [7, 11) is 0. The molecule has 1 aromatic heterocycles. The fourth-order valence-corrected chi connectivity index (χ4v) is 4.24. The van der Waals surface area contributed by atoms with Gasteiger partial charge in [-0.1, -0.05) is 43.6 Å². The molecule has 33 heavy (non-hydrogen) atoms. The number of piperidine rings is 1. The van der Waals surface area contributed by atoms with E-state index in [2.05, 4.69) is 41.3 Å². The van der Waals surface area contributed by atoms with Gasteiger partial charge in [-0.3, -0.25) is 9.59 Å². The normalized spacial score (nSPS) is 16.2. The van der Waals surface area contributed by atoms with Gasteiger partial charge in [-0.2, -0.15) is 4.68 Å². The van der Waals surface area contributed by atoms with Gasteiger partial charge in [0.05, 0.1) is 11.6 Å². The van der Waals surface area contributed by atoms with Gasteiger partial charge < -0.3 is 10.2 Å². The molecule has 0 saturated carbocycles. The van der Waals surface area contributed by atoms with Crippen molar-refractivity contribution in [3.63, 3.8) is 0 Å². The van der Waals surface area contributed by atoms with E-state index in [1.165, 1.54) is 16.3 Å². The van der Waals surface area contributed by atoms with Crippen LogP contribution in [0.2, 0.25) is 5.02 Å². The molecule has 1 saturated heterocycles. The van der Waals surface area contributed by atoms with Crippen LogP contribution in [0.5, 0.6) is 0 Å². The number of hydrogen-bond donors (Lipinski definition) is 1. The zero-order valence-electron chi connectivity index (χ0n) is 19.2. The molecule has 0 spiro atoms. The number of hydrogen-bond acceptors (Lipinski definition) is 4. The number of carbonyl (C=O) groups excluding carboxylic acids is 1. The number of benzene rings is 2. The summed E-state index contributed by atoms with van der Waals surface area (Å²) in [5, 5.41) is 8.22. The quantitative estimate of drug-likeness (QED) is 0.565. The Kier molecular flexibility index (Phi) is 6.84. The van der Waals surface area contributed by atoms with Gasteiger partial charge >= 0.3 is 0 Å². The molecule has 1 fully saturated rings. The summed E-state index contributed by atoms with van der Waals surface area (Å²) in [6.07, 6.45) is 1.70. The van der Waals surface area contributed by atoms with Crippen LogP contribution in [0, 0.1) is 12.8 Å². The molecule has 1 unspecified atom stereocenters. The first kappa shape index (κ1) is 23.1. The van der Waals surface area contributed by atoms with E-state index in [-0.39, 0.29) is 17.4 Å². The molecular formula is C26H29ClN4O2. The fraction of sp³-hybridized carbons (Fsp3) is 0.346. The molecule has 0 aliphatic carbocycles.